The van der Waals surface area contributed by atoms with Crippen LogP contribution in [0.1, 0.15) is 28.8 Å². The van der Waals surface area contributed by atoms with Crippen molar-refractivity contribution in [1.29, 1.82) is 0 Å². The first-order valence-electron chi connectivity index (χ1n) is 10.8. The standard InChI is InChI=1S/C24H28FN3O5/c1-31-19-12-17(13-20(32-2)22(19)33-3)23(30)27-10-8-24(9-11-27)26-14-21(29)28(24)15-16-6-4-5-7-18(16)25/h4-7,12-13,26H,8-11,14-15H2,1-3H3. The molecule has 2 aromatic rings. The zero-order valence-corrected chi connectivity index (χ0v) is 19.0. The highest BCUT2D eigenvalue weighted by Gasteiger charge is 2.47. The lowest BCUT2D eigenvalue weighted by molar-refractivity contribution is -0.132. The average molecular weight is 458 g/mol. The van der Waals surface area contributed by atoms with E-state index < -0.39 is 5.66 Å². The molecule has 2 fully saturated rings. The third-order valence-electron chi connectivity index (χ3n) is 6.46. The Morgan fingerprint density at radius 1 is 1.06 bits per heavy atom. The van der Waals surface area contributed by atoms with E-state index in [4.69, 9.17) is 14.2 Å². The van der Waals surface area contributed by atoms with Crippen molar-refractivity contribution in [2.75, 3.05) is 41.0 Å². The summed E-state index contributed by atoms with van der Waals surface area (Å²) in [4.78, 5) is 29.3. The topological polar surface area (TPSA) is 80.3 Å². The van der Waals surface area contributed by atoms with Gasteiger partial charge in [-0.2, -0.15) is 0 Å². The molecule has 0 aliphatic carbocycles. The second-order valence-corrected chi connectivity index (χ2v) is 8.16. The molecule has 1 spiro atoms. The summed E-state index contributed by atoms with van der Waals surface area (Å²) < 4.78 is 30.3. The van der Waals surface area contributed by atoms with E-state index in [1.807, 2.05) is 0 Å². The van der Waals surface area contributed by atoms with E-state index in [0.717, 1.165) is 0 Å². The number of amides is 2. The minimum Gasteiger partial charge on any atom is -0.493 e. The van der Waals surface area contributed by atoms with Gasteiger partial charge >= 0.3 is 0 Å². The Bertz CT molecular complexity index is 1030. The lowest BCUT2D eigenvalue weighted by atomic mass is 9.94. The van der Waals surface area contributed by atoms with E-state index in [0.29, 0.717) is 54.3 Å². The molecule has 0 saturated carbocycles. The normalized spacial score (nSPS) is 17.4. The van der Waals surface area contributed by atoms with E-state index in [9.17, 15) is 14.0 Å². The number of rotatable bonds is 6. The molecule has 2 heterocycles. The van der Waals surface area contributed by atoms with Crippen molar-refractivity contribution in [3.8, 4) is 17.2 Å². The van der Waals surface area contributed by atoms with Gasteiger partial charge in [0.1, 0.15) is 5.82 Å². The van der Waals surface area contributed by atoms with Gasteiger partial charge in [0.2, 0.25) is 11.7 Å². The molecule has 4 rings (SSSR count). The molecule has 2 saturated heterocycles. The fraction of sp³-hybridized carbons (Fsp3) is 0.417. The molecule has 2 amide bonds. The second kappa shape index (κ2) is 9.27. The Labute approximate surface area is 192 Å². The maximum Gasteiger partial charge on any atom is 0.254 e. The Morgan fingerprint density at radius 3 is 2.27 bits per heavy atom. The number of ether oxygens (including phenoxy) is 3. The van der Waals surface area contributed by atoms with Crippen molar-refractivity contribution in [1.82, 2.24) is 15.1 Å². The molecule has 2 aromatic carbocycles. The maximum absolute atomic E-state index is 14.2. The van der Waals surface area contributed by atoms with Crippen molar-refractivity contribution < 1.29 is 28.2 Å². The van der Waals surface area contributed by atoms with Crippen LogP contribution in [0.4, 0.5) is 4.39 Å². The van der Waals surface area contributed by atoms with Crippen molar-refractivity contribution in [2.24, 2.45) is 0 Å². The number of hydrogen-bond acceptors (Lipinski definition) is 6. The molecule has 1 N–H and O–H groups in total. The molecule has 0 radical (unpaired) electrons. The van der Waals surface area contributed by atoms with Crippen LogP contribution >= 0.6 is 0 Å². The van der Waals surface area contributed by atoms with Crippen LogP contribution in [-0.4, -0.2) is 68.2 Å². The van der Waals surface area contributed by atoms with Crippen molar-refractivity contribution >= 4 is 11.8 Å². The minimum absolute atomic E-state index is 0.0670. The van der Waals surface area contributed by atoms with E-state index in [2.05, 4.69) is 5.32 Å². The van der Waals surface area contributed by atoms with Crippen LogP contribution in [0.3, 0.4) is 0 Å². The van der Waals surface area contributed by atoms with Gasteiger partial charge in [0, 0.05) is 37.1 Å². The second-order valence-electron chi connectivity index (χ2n) is 8.16. The molecule has 33 heavy (non-hydrogen) atoms. The predicted octanol–water partition coefficient (Wildman–Crippen LogP) is 2.42. The highest BCUT2D eigenvalue weighted by Crippen LogP contribution is 2.39. The van der Waals surface area contributed by atoms with Gasteiger partial charge in [-0.1, -0.05) is 18.2 Å². The molecule has 0 aromatic heterocycles. The van der Waals surface area contributed by atoms with Gasteiger partial charge in [-0.05, 0) is 18.2 Å². The van der Waals surface area contributed by atoms with Crippen LogP contribution < -0.4 is 19.5 Å². The van der Waals surface area contributed by atoms with Crippen molar-refractivity contribution in [2.45, 2.75) is 25.0 Å². The summed E-state index contributed by atoms with van der Waals surface area (Å²) in [7, 11) is 4.52. The summed E-state index contributed by atoms with van der Waals surface area (Å²) in [5.74, 6) is 0.686. The molecule has 8 nitrogen and oxygen atoms in total. The van der Waals surface area contributed by atoms with Crippen LogP contribution in [0.5, 0.6) is 17.2 Å². The van der Waals surface area contributed by atoms with Crippen molar-refractivity contribution in [3.05, 3.63) is 53.3 Å². The van der Waals surface area contributed by atoms with E-state index in [-0.39, 0.29) is 30.7 Å². The van der Waals surface area contributed by atoms with Crippen LogP contribution in [-0.2, 0) is 11.3 Å². The van der Waals surface area contributed by atoms with Crippen LogP contribution in [0.2, 0.25) is 0 Å². The quantitative estimate of drug-likeness (QED) is 0.718. The Kier molecular flexibility index (Phi) is 6.42. The van der Waals surface area contributed by atoms with Crippen molar-refractivity contribution in [3.63, 3.8) is 0 Å². The number of piperidine rings is 1. The summed E-state index contributed by atoms with van der Waals surface area (Å²) in [5, 5.41) is 3.32. The largest absolute Gasteiger partial charge is 0.493 e. The van der Waals surface area contributed by atoms with Gasteiger partial charge in [0.05, 0.1) is 40.1 Å². The molecule has 176 valence electrons. The van der Waals surface area contributed by atoms with Crippen LogP contribution in [0.15, 0.2) is 36.4 Å². The summed E-state index contributed by atoms with van der Waals surface area (Å²) in [5.41, 5.74) is 0.315. The summed E-state index contributed by atoms with van der Waals surface area (Å²) in [6, 6.07) is 9.75. The van der Waals surface area contributed by atoms with Gasteiger partial charge in [-0.3, -0.25) is 14.9 Å². The fourth-order valence-electron chi connectivity index (χ4n) is 4.62. The third kappa shape index (κ3) is 4.20. The molecule has 0 unspecified atom stereocenters. The highest BCUT2D eigenvalue weighted by atomic mass is 19.1. The highest BCUT2D eigenvalue weighted by molar-refractivity contribution is 5.95. The Balaban J connectivity index is 1.50. The molecular weight excluding hydrogens is 429 g/mol. The van der Waals surface area contributed by atoms with Gasteiger partial charge in [-0.15, -0.1) is 0 Å². The first kappa shape index (κ1) is 22.8. The van der Waals surface area contributed by atoms with Crippen LogP contribution in [0.25, 0.3) is 0 Å². The van der Waals surface area contributed by atoms with Crippen LogP contribution in [0, 0.1) is 5.82 Å². The predicted molar refractivity (Wildman–Crippen MR) is 119 cm³/mol. The number of nitrogens with zero attached hydrogens (tertiary/aromatic N) is 2. The first-order chi connectivity index (χ1) is 15.9. The van der Waals surface area contributed by atoms with Gasteiger partial charge in [0.25, 0.3) is 5.91 Å². The first-order valence-corrected chi connectivity index (χ1v) is 10.8. The fourth-order valence-corrected chi connectivity index (χ4v) is 4.62. The Hall–Kier alpha value is -3.33. The summed E-state index contributed by atoms with van der Waals surface area (Å²) in [6.45, 7) is 1.29. The number of benzene rings is 2. The lowest BCUT2D eigenvalue weighted by Crippen LogP contribution is -2.59. The number of carbonyl (C=O) groups excluding carboxylic acids is 2. The summed E-state index contributed by atoms with van der Waals surface area (Å²) >= 11 is 0. The number of nitrogens with one attached hydrogen (secondary N) is 1. The minimum atomic E-state index is -0.592. The van der Waals surface area contributed by atoms with Gasteiger partial charge in [-0.25, -0.2) is 4.39 Å². The number of hydrogen-bond donors (Lipinski definition) is 1. The molecule has 2 aliphatic rings. The average Bonchev–Trinajstić information content (AvgIpc) is 3.14. The number of methoxy groups -OCH3 is 3. The molecule has 0 atom stereocenters. The number of likely N-dealkylation sites (tertiary alicyclic amines) is 1. The maximum atomic E-state index is 14.2. The van der Waals surface area contributed by atoms with Gasteiger partial charge in [0.15, 0.2) is 11.5 Å². The molecule has 9 heteroatoms. The van der Waals surface area contributed by atoms with E-state index in [1.54, 1.807) is 40.1 Å². The Morgan fingerprint density at radius 2 is 1.70 bits per heavy atom. The number of carbonyl (C=O) groups is 2. The zero-order valence-electron chi connectivity index (χ0n) is 19.0. The summed E-state index contributed by atoms with van der Waals surface area (Å²) in [6.07, 6.45) is 1.09. The van der Waals surface area contributed by atoms with E-state index in [1.165, 1.54) is 27.4 Å². The molecule has 0 bridgehead atoms. The SMILES string of the molecule is COc1cc(C(=O)N2CCC3(CC2)NCC(=O)N3Cc2ccccc2F)cc(OC)c1OC. The van der Waals surface area contributed by atoms with E-state index >= 15 is 0 Å². The molecule has 2 aliphatic heterocycles. The number of halogens is 1. The van der Waals surface area contributed by atoms with Gasteiger partial charge < -0.3 is 24.0 Å². The monoisotopic (exact) mass is 457 g/mol. The third-order valence-corrected chi connectivity index (χ3v) is 6.46. The lowest BCUT2D eigenvalue weighted by Gasteiger charge is -2.44. The molecular formula is C24H28FN3O5. The zero-order chi connectivity index (χ0) is 23.6. The smallest absolute Gasteiger partial charge is 0.254 e.